The molecule has 0 atom stereocenters. The average molecular weight is 209 g/mol. The Morgan fingerprint density at radius 3 is 2.60 bits per heavy atom. The van der Waals surface area contributed by atoms with E-state index in [0.717, 1.165) is 38.5 Å². The number of nitrogens with zero attached hydrogens (tertiary/aromatic N) is 3. The number of rotatable bonds is 5. The summed E-state index contributed by atoms with van der Waals surface area (Å²) in [4.78, 5) is 14.7. The van der Waals surface area contributed by atoms with Crippen molar-refractivity contribution < 1.29 is 4.79 Å². The number of ketones is 1. The van der Waals surface area contributed by atoms with E-state index in [4.69, 9.17) is 5.53 Å². The summed E-state index contributed by atoms with van der Waals surface area (Å²) < 4.78 is 0. The Kier molecular flexibility index (Phi) is 4.63. The molecule has 0 aromatic carbocycles. The van der Waals surface area contributed by atoms with Crippen LogP contribution in [0.1, 0.15) is 51.9 Å². The molecule has 0 radical (unpaired) electrons. The van der Waals surface area contributed by atoms with Crippen LogP contribution in [0.5, 0.6) is 0 Å². The topological polar surface area (TPSA) is 65.8 Å². The fourth-order valence-electron chi connectivity index (χ4n) is 2.64. The van der Waals surface area contributed by atoms with Gasteiger partial charge in [-0.15, -0.1) is 0 Å². The third-order valence-corrected chi connectivity index (χ3v) is 3.41. The molecule has 0 bridgehead atoms. The van der Waals surface area contributed by atoms with Gasteiger partial charge in [0.1, 0.15) is 5.78 Å². The van der Waals surface area contributed by atoms with Crippen molar-refractivity contribution in [3.05, 3.63) is 10.4 Å². The molecule has 0 saturated heterocycles. The lowest BCUT2D eigenvalue weighted by Crippen LogP contribution is -2.35. The van der Waals surface area contributed by atoms with Crippen molar-refractivity contribution in [1.82, 2.24) is 0 Å². The molecule has 0 N–H and O–H groups in total. The number of azide groups is 1. The Bertz CT molecular complexity index is 257. The van der Waals surface area contributed by atoms with Crippen molar-refractivity contribution in [2.45, 2.75) is 51.9 Å². The third-order valence-electron chi connectivity index (χ3n) is 3.41. The van der Waals surface area contributed by atoms with Gasteiger partial charge < -0.3 is 0 Å². The minimum atomic E-state index is -0.165. The maximum Gasteiger partial charge on any atom is 0.144 e. The fourth-order valence-corrected chi connectivity index (χ4v) is 2.64. The van der Waals surface area contributed by atoms with E-state index < -0.39 is 0 Å². The van der Waals surface area contributed by atoms with Gasteiger partial charge in [-0.2, -0.15) is 0 Å². The molecule has 0 amide bonds. The molecule has 1 saturated carbocycles. The normalized spacial score (nSPS) is 19.3. The summed E-state index contributed by atoms with van der Waals surface area (Å²) in [5.41, 5.74) is 8.07. The van der Waals surface area contributed by atoms with Gasteiger partial charge in [0.25, 0.3) is 0 Å². The van der Waals surface area contributed by atoms with E-state index in [9.17, 15) is 4.79 Å². The van der Waals surface area contributed by atoms with Crippen LogP contribution in [0.15, 0.2) is 5.11 Å². The zero-order chi connectivity index (χ0) is 11.1. The first-order valence-electron chi connectivity index (χ1n) is 5.79. The molecule has 84 valence electrons. The summed E-state index contributed by atoms with van der Waals surface area (Å²) >= 11 is 0. The van der Waals surface area contributed by atoms with Crippen molar-refractivity contribution in [2.24, 2.45) is 10.5 Å². The van der Waals surface area contributed by atoms with Gasteiger partial charge in [0.2, 0.25) is 0 Å². The highest BCUT2D eigenvalue weighted by molar-refractivity contribution is 5.86. The largest absolute Gasteiger partial charge is 0.299 e. The SMILES string of the molecule is CCCC1(C(=O)CN=[N+]=[N-])CCCCC1. The predicted octanol–water partition coefficient (Wildman–Crippen LogP) is 3.62. The van der Waals surface area contributed by atoms with Gasteiger partial charge in [-0.1, -0.05) is 37.7 Å². The quantitative estimate of drug-likeness (QED) is 0.387. The Morgan fingerprint density at radius 1 is 1.40 bits per heavy atom. The van der Waals surface area contributed by atoms with Gasteiger partial charge in [0.15, 0.2) is 0 Å². The maximum atomic E-state index is 12.0. The number of hydrogen-bond donors (Lipinski definition) is 0. The van der Waals surface area contributed by atoms with Crippen LogP contribution in [0.3, 0.4) is 0 Å². The first-order chi connectivity index (χ1) is 7.25. The fraction of sp³-hybridized carbons (Fsp3) is 0.909. The van der Waals surface area contributed by atoms with Gasteiger partial charge >= 0.3 is 0 Å². The second-order valence-electron chi connectivity index (χ2n) is 4.40. The van der Waals surface area contributed by atoms with E-state index in [1.807, 2.05) is 0 Å². The molecule has 0 spiro atoms. The van der Waals surface area contributed by atoms with E-state index in [-0.39, 0.29) is 17.7 Å². The molecule has 0 aromatic rings. The molecular weight excluding hydrogens is 190 g/mol. The van der Waals surface area contributed by atoms with Gasteiger partial charge in [-0.05, 0) is 24.8 Å². The first-order valence-corrected chi connectivity index (χ1v) is 5.79. The summed E-state index contributed by atoms with van der Waals surface area (Å²) in [6, 6.07) is 0. The minimum absolute atomic E-state index is 0.0382. The monoisotopic (exact) mass is 209 g/mol. The van der Waals surface area contributed by atoms with Crippen LogP contribution in [0, 0.1) is 5.41 Å². The highest BCUT2D eigenvalue weighted by atomic mass is 16.1. The molecule has 1 rings (SSSR count). The first kappa shape index (κ1) is 12.1. The summed E-state index contributed by atoms with van der Waals surface area (Å²) in [6.07, 6.45) is 7.47. The van der Waals surface area contributed by atoms with Crippen LogP contribution in [0.2, 0.25) is 0 Å². The third kappa shape index (κ3) is 2.96. The lowest BCUT2D eigenvalue weighted by molar-refractivity contribution is -0.129. The lowest BCUT2D eigenvalue weighted by Gasteiger charge is -2.35. The lowest BCUT2D eigenvalue weighted by atomic mass is 9.68. The highest BCUT2D eigenvalue weighted by Crippen LogP contribution is 2.41. The molecular formula is C11H19N3O. The van der Waals surface area contributed by atoms with E-state index >= 15 is 0 Å². The summed E-state index contributed by atoms with van der Waals surface area (Å²) in [6.45, 7) is 2.15. The molecule has 1 aliphatic rings. The summed E-state index contributed by atoms with van der Waals surface area (Å²) in [7, 11) is 0. The molecule has 0 heterocycles. The molecule has 4 heteroatoms. The smallest absolute Gasteiger partial charge is 0.144 e. The van der Waals surface area contributed by atoms with Crippen LogP contribution < -0.4 is 0 Å². The van der Waals surface area contributed by atoms with Gasteiger partial charge in [0, 0.05) is 10.3 Å². The van der Waals surface area contributed by atoms with Crippen molar-refractivity contribution in [3.63, 3.8) is 0 Å². The number of carbonyl (C=O) groups excluding carboxylic acids is 1. The van der Waals surface area contributed by atoms with Gasteiger partial charge in [-0.3, -0.25) is 4.79 Å². The predicted molar refractivity (Wildman–Crippen MR) is 59.4 cm³/mol. The Balaban J connectivity index is 2.69. The van der Waals surface area contributed by atoms with Crippen molar-refractivity contribution in [1.29, 1.82) is 0 Å². The Hall–Kier alpha value is -1.02. The van der Waals surface area contributed by atoms with Crippen LogP contribution in [-0.4, -0.2) is 12.3 Å². The van der Waals surface area contributed by atoms with Gasteiger partial charge in [-0.25, -0.2) is 0 Å². The van der Waals surface area contributed by atoms with Crippen LogP contribution in [0.25, 0.3) is 10.4 Å². The standard InChI is InChI=1S/C11H19N3O/c1-2-6-11(7-4-3-5-8-11)10(15)9-13-14-12/h2-9H2,1H3. The van der Waals surface area contributed by atoms with Crippen molar-refractivity contribution >= 4 is 5.78 Å². The van der Waals surface area contributed by atoms with Crippen molar-refractivity contribution in [2.75, 3.05) is 6.54 Å². The molecule has 1 fully saturated rings. The molecule has 4 nitrogen and oxygen atoms in total. The van der Waals surface area contributed by atoms with Crippen LogP contribution in [0.4, 0.5) is 0 Å². The maximum absolute atomic E-state index is 12.0. The van der Waals surface area contributed by atoms with E-state index in [1.54, 1.807) is 0 Å². The second-order valence-corrected chi connectivity index (χ2v) is 4.40. The van der Waals surface area contributed by atoms with Crippen LogP contribution in [-0.2, 0) is 4.79 Å². The zero-order valence-corrected chi connectivity index (χ0v) is 9.41. The Morgan fingerprint density at radius 2 is 2.07 bits per heavy atom. The van der Waals surface area contributed by atoms with E-state index in [2.05, 4.69) is 16.9 Å². The average Bonchev–Trinajstić information content (AvgIpc) is 2.27. The number of carbonyl (C=O) groups is 1. The number of hydrogen-bond acceptors (Lipinski definition) is 2. The summed E-state index contributed by atoms with van der Waals surface area (Å²) in [5, 5.41) is 3.41. The highest BCUT2D eigenvalue weighted by Gasteiger charge is 2.37. The van der Waals surface area contributed by atoms with Gasteiger partial charge in [0.05, 0.1) is 6.54 Å². The Labute approximate surface area is 90.7 Å². The van der Waals surface area contributed by atoms with Crippen molar-refractivity contribution in [3.8, 4) is 0 Å². The van der Waals surface area contributed by atoms with E-state index in [0.29, 0.717) is 0 Å². The molecule has 0 aromatic heterocycles. The zero-order valence-electron chi connectivity index (χ0n) is 9.41. The molecule has 15 heavy (non-hydrogen) atoms. The summed E-state index contributed by atoms with van der Waals surface area (Å²) in [5.74, 6) is 0.154. The van der Waals surface area contributed by atoms with E-state index in [1.165, 1.54) is 6.42 Å². The molecule has 1 aliphatic carbocycles. The minimum Gasteiger partial charge on any atom is -0.299 e. The van der Waals surface area contributed by atoms with Crippen LogP contribution >= 0.6 is 0 Å². The number of Topliss-reactive ketones (excluding diaryl/α,β-unsaturated/α-hetero) is 1. The molecule has 0 unspecified atom stereocenters. The second kappa shape index (κ2) is 5.76. The molecule has 0 aliphatic heterocycles.